The van der Waals surface area contributed by atoms with Gasteiger partial charge < -0.3 is 14.7 Å². The van der Waals surface area contributed by atoms with Gasteiger partial charge in [0, 0.05) is 6.42 Å². The molecule has 2 aromatic rings. The second kappa shape index (κ2) is 4.22. The first kappa shape index (κ1) is 10.5. The number of nitrogens with zero attached hydrogens (tertiary/aromatic N) is 2. The molecule has 1 aromatic carbocycles. The molecule has 0 atom stereocenters. The van der Waals surface area contributed by atoms with Gasteiger partial charge in [-0.15, -0.1) is 0 Å². The van der Waals surface area contributed by atoms with Crippen molar-refractivity contribution in [3.63, 3.8) is 0 Å². The number of rotatable bonds is 3. The second-order valence-corrected chi connectivity index (χ2v) is 3.44. The fourth-order valence-electron chi connectivity index (χ4n) is 1.39. The third-order valence-electron chi connectivity index (χ3n) is 2.19. The van der Waals surface area contributed by atoms with Crippen molar-refractivity contribution in [3.8, 4) is 23.0 Å². The predicted molar refractivity (Wildman–Crippen MR) is 57.1 cm³/mol. The molecule has 1 aromatic heterocycles. The van der Waals surface area contributed by atoms with Crippen LogP contribution in [0.3, 0.4) is 0 Å². The van der Waals surface area contributed by atoms with Gasteiger partial charge in [0.05, 0.1) is 5.56 Å². The molecule has 0 spiro atoms. The van der Waals surface area contributed by atoms with Gasteiger partial charge in [-0.1, -0.05) is 18.1 Å². The van der Waals surface area contributed by atoms with Crippen LogP contribution in [0.15, 0.2) is 22.7 Å². The number of aromatic nitrogens is 2. The highest BCUT2D eigenvalue weighted by Crippen LogP contribution is 2.34. The molecule has 5 nitrogen and oxygen atoms in total. The van der Waals surface area contributed by atoms with Crippen molar-refractivity contribution in [1.29, 1.82) is 0 Å². The number of aromatic hydroxyl groups is 2. The molecule has 0 radical (unpaired) electrons. The highest BCUT2D eigenvalue weighted by Gasteiger charge is 2.14. The summed E-state index contributed by atoms with van der Waals surface area (Å²) in [5, 5.41) is 22.7. The summed E-state index contributed by atoms with van der Waals surface area (Å²) < 4.78 is 5.01. The first-order valence-electron chi connectivity index (χ1n) is 5.06. The molecule has 0 aliphatic rings. The van der Waals surface area contributed by atoms with E-state index in [9.17, 15) is 10.2 Å². The summed E-state index contributed by atoms with van der Waals surface area (Å²) in [5.74, 6) is 0.374. The van der Waals surface area contributed by atoms with Crippen LogP contribution < -0.4 is 0 Å². The Morgan fingerprint density at radius 1 is 1.31 bits per heavy atom. The summed E-state index contributed by atoms with van der Waals surface area (Å²) in [7, 11) is 0. The largest absolute Gasteiger partial charge is 0.504 e. The minimum Gasteiger partial charge on any atom is -0.504 e. The lowest BCUT2D eigenvalue weighted by Gasteiger charge is -2.00. The molecule has 0 bridgehead atoms. The van der Waals surface area contributed by atoms with E-state index in [2.05, 4.69) is 10.1 Å². The van der Waals surface area contributed by atoms with Crippen molar-refractivity contribution in [2.45, 2.75) is 19.8 Å². The van der Waals surface area contributed by atoms with Crippen molar-refractivity contribution in [2.24, 2.45) is 0 Å². The van der Waals surface area contributed by atoms with E-state index in [0.29, 0.717) is 11.4 Å². The molecule has 0 aliphatic carbocycles. The van der Waals surface area contributed by atoms with Gasteiger partial charge in [0.15, 0.2) is 17.3 Å². The molecule has 0 fully saturated rings. The molecular formula is C11H12N2O3. The van der Waals surface area contributed by atoms with E-state index in [1.807, 2.05) is 6.92 Å². The van der Waals surface area contributed by atoms with Gasteiger partial charge in [-0.05, 0) is 18.6 Å². The van der Waals surface area contributed by atoms with Crippen molar-refractivity contribution in [2.75, 3.05) is 0 Å². The van der Waals surface area contributed by atoms with Crippen LogP contribution in [0.25, 0.3) is 11.5 Å². The Morgan fingerprint density at radius 3 is 2.88 bits per heavy atom. The summed E-state index contributed by atoms with van der Waals surface area (Å²) in [6.07, 6.45) is 1.65. The van der Waals surface area contributed by atoms with Gasteiger partial charge >= 0.3 is 0 Å². The van der Waals surface area contributed by atoms with Crippen molar-refractivity contribution in [3.05, 3.63) is 24.0 Å². The molecule has 2 N–H and O–H groups in total. The normalized spacial score (nSPS) is 10.6. The third-order valence-corrected chi connectivity index (χ3v) is 2.19. The van der Waals surface area contributed by atoms with Crippen molar-refractivity contribution >= 4 is 0 Å². The minimum atomic E-state index is -0.241. The number of phenolic OH excluding ortho intramolecular Hbond substituents is 2. The Labute approximate surface area is 92.4 Å². The van der Waals surface area contributed by atoms with Gasteiger partial charge in [0.2, 0.25) is 0 Å². The van der Waals surface area contributed by atoms with E-state index in [-0.39, 0.29) is 17.4 Å². The van der Waals surface area contributed by atoms with Gasteiger partial charge in [0.25, 0.3) is 5.89 Å². The van der Waals surface area contributed by atoms with Crippen LogP contribution in [-0.4, -0.2) is 20.4 Å². The summed E-state index contributed by atoms with van der Waals surface area (Å²) >= 11 is 0. The SMILES string of the molecule is CCCc1noc(-c2cccc(O)c2O)n1. The monoisotopic (exact) mass is 220 g/mol. The second-order valence-electron chi connectivity index (χ2n) is 3.44. The Hall–Kier alpha value is -2.04. The van der Waals surface area contributed by atoms with E-state index >= 15 is 0 Å². The zero-order valence-corrected chi connectivity index (χ0v) is 8.84. The third kappa shape index (κ3) is 1.84. The molecule has 16 heavy (non-hydrogen) atoms. The van der Waals surface area contributed by atoms with Crippen molar-refractivity contribution < 1.29 is 14.7 Å². The van der Waals surface area contributed by atoms with E-state index < -0.39 is 0 Å². The molecule has 5 heteroatoms. The van der Waals surface area contributed by atoms with E-state index in [1.165, 1.54) is 6.07 Å². The first-order chi connectivity index (χ1) is 7.72. The standard InChI is InChI=1S/C11H12N2O3/c1-2-4-9-12-11(16-13-9)7-5-3-6-8(14)10(7)15/h3,5-6,14-15H,2,4H2,1H3. The fourth-order valence-corrected chi connectivity index (χ4v) is 1.39. The van der Waals surface area contributed by atoms with Crippen LogP contribution in [0.4, 0.5) is 0 Å². The summed E-state index contributed by atoms with van der Waals surface area (Å²) in [6.45, 7) is 2.02. The number of hydrogen-bond donors (Lipinski definition) is 2. The average molecular weight is 220 g/mol. The molecular weight excluding hydrogens is 208 g/mol. The maximum absolute atomic E-state index is 9.61. The molecule has 0 unspecified atom stereocenters. The molecule has 0 amide bonds. The summed E-state index contributed by atoms with van der Waals surface area (Å²) in [4.78, 5) is 4.12. The predicted octanol–water partition coefficient (Wildman–Crippen LogP) is 2.10. The molecule has 0 saturated carbocycles. The molecule has 0 aliphatic heterocycles. The number of aryl methyl sites for hydroxylation is 1. The Kier molecular flexibility index (Phi) is 2.76. The number of phenols is 2. The van der Waals surface area contributed by atoms with Gasteiger partial charge in [-0.25, -0.2) is 0 Å². The van der Waals surface area contributed by atoms with Crippen LogP contribution in [-0.2, 0) is 6.42 Å². The fraction of sp³-hybridized carbons (Fsp3) is 0.273. The zero-order valence-electron chi connectivity index (χ0n) is 8.84. The summed E-state index contributed by atoms with van der Waals surface area (Å²) in [6, 6.07) is 4.61. The first-order valence-corrected chi connectivity index (χ1v) is 5.06. The maximum Gasteiger partial charge on any atom is 0.261 e. The number of para-hydroxylation sites is 1. The number of hydrogen-bond acceptors (Lipinski definition) is 5. The van der Waals surface area contributed by atoms with Gasteiger partial charge in [-0.3, -0.25) is 0 Å². The molecule has 2 rings (SSSR count). The van der Waals surface area contributed by atoms with Gasteiger partial charge in [0.1, 0.15) is 0 Å². The van der Waals surface area contributed by atoms with Crippen molar-refractivity contribution in [1.82, 2.24) is 10.1 Å². The van der Waals surface area contributed by atoms with E-state index in [4.69, 9.17) is 4.52 Å². The van der Waals surface area contributed by atoms with E-state index in [0.717, 1.165) is 12.8 Å². The van der Waals surface area contributed by atoms with Crippen LogP contribution in [0.2, 0.25) is 0 Å². The molecule has 1 heterocycles. The van der Waals surface area contributed by atoms with Crippen LogP contribution >= 0.6 is 0 Å². The highest BCUT2D eigenvalue weighted by molar-refractivity contribution is 5.66. The maximum atomic E-state index is 9.61. The highest BCUT2D eigenvalue weighted by atomic mass is 16.5. The average Bonchev–Trinajstić information content (AvgIpc) is 2.71. The molecule has 0 saturated heterocycles. The van der Waals surface area contributed by atoms with Crippen LogP contribution in [0.5, 0.6) is 11.5 Å². The number of benzene rings is 1. The zero-order chi connectivity index (χ0) is 11.5. The van der Waals surface area contributed by atoms with Crippen LogP contribution in [0, 0.1) is 0 Å². The smallest absolute Gasteiger partial charge is 0.261 e. The Balaban J connectivity index is 2.39. The lowest BCUT2D eigenvalue weighted by Crippen LogP contribution is -1.85. The Morgan fingerprint density at radius 2 is 2.12 bits per heavy atom. The lowest BCUT2D eigenvalue weighted by atomic mass is 10.2. The Bertz CT molecular complexity index is 494. The van der Waals surface area contributed by atoms with Crippen LogP contribution in [0.1, 0.15) is 19.2 Å². The quantitative estimate of drug-likeness (QED) is 0.774. The van der Waals surface area contributed by atoms with E-state index in [1.54, 1.807) is 12.1 Å². The lowest BCUT2D eigenvalue weighted by molar-refractivity contribution is 0.396. The molecule has 84 valence electrons. The minimum absolute atomic E-state index is 0.201. The van der Waals surface area contributed by atoms with Gasteiger partial charge in [-0.2, -0.15) is 4.98 Å². The topological polar surface area (TPSA) is 79.4 Å². The summed E-state index contributed by atoms with van der Waals surface area (Å²) in [5.41, 5.74) is 0.342.